The number of carbonyl (C=O) groups excluding carboxylic acids is 1. The highest BCUT2D eigenvalue weighted by Gasteiger charge is 2.34. The SMILES string of the molecule is C#CCC(CC)NC(=O)CC1CC2CCC(C1)N2. The van der Waals surface area contributed by atoms with Gasteiger partial charge in [0.05, 0.1) is 0 Å². The summed E-state index contributed by atoms with van der Waals surface area (Å²) in [5, 5.41) is 6.67. The highest BCUT2D eigenvalue weighted by Crippen LogP contribution is 2.32. The average Bonchev–Trinajstić information content (AvgIpc) is 2.68. The van der Waals surface area contributed by atoms with Crippen LogP contribution in [0.4, 0.5) is 0 Å². The summed E-state index contributed by atoms with van der Waals surface area (Å²) in [7, 11) is 0. The molecular weight excluding hydrogens is 224 g/mol. The van der Waals surface area contributed by atoms with Crippen LogP contribution in [0.25, 0.3) is 0 Å². The van der Waals surface area contributed by atoms with Gasteiger partial charge in [0.2, 0.25) is 5.91 Å². The van der Waals surface area contributed by atoms with Crippen molar-refractivity contribution in [1.82, 2.24) is 10.6 Å². The molecule has 18 heavy (non-hydrogen) atoms. The van der Waals surface area contributed by atoms with Crippen molar-refractivity contribution in [1.29, 1.82) is 0 Å². The Morgan fingerprint density at radius 3 is 2.67 bits per heavy atom. The second-order valence-electron chi connectivity index (χ2n) is 5.76. The largest absolute Gasteiger partial charge is 0.352 e. The van der Waals surface area contributed by atoms with Gasteiger partial charge in [-0.3, -0.25) is 4.79 Å². The lowest BCUT2D eigenvalue weighted by atomic mass is 9.89. The molecule has 2 saturated heterocycles. The van der Waals surface area contributed by atoms with Gasteiger partial charge in [-0.1, -0.05) is 6.92 Å². The molecule has 0 aromatic heterocycles. The fourth-order valence-corrected chi connectivity index (χ4v) is 3.33. The molecule has 0 spiro atoms. The van der Waals surface area contributed by atoms with Gasteiger partial charge in [-0.2, -0.15) is 0 Å². The summed E-state index contributed by atoms with van der Waals surface area (Å²) in [5.74, 6) is 3.37. The topological polar surface area (TPSA) is 41.1 Å². The second kappa shape index (κ2) is 6.24. The summed E-state index contributed by atoms with van der Waals surface area (Å²) in [6.07, 6.45) is 12.4. The predicted molar refractivity (Wildman–Crippen MR) is 73.0 cm³/mol. The minimum Gasteiger partial charge on any atom is -0.352 e. The van der Waals surface area contributed by atoms with Gasteiger partial charge in [-0.25, -0.2) is 0 Å². The van der Waals surface area contributed by atoms with E-state index in [1.807, 2.05) is 0 Å². The van der Waals surface area contributed by atoms with E-state index in [1.54, 1.807) is 0 Å². The maximum atomic E-state index is 12.0. The fourth-order valence-electron chi connectivity index (χ4n) is 3.33. The Bertz CT molecular complexity index is 322. The molecule has 2 N–H and O–H groups in total. The van der Waals surface area contributed by atoms with Gasteiger partial charge >= 0.3 is 0 Å². The molecule has 3 unspecified atom stereocenters. The Hall–Kier alpha value is -1.01. The molecule has 2 aliphatic heterocycles. The number of terminal acetylenes is 1. The first-order valence-electron chi connectivity index (χ1n) is 7.20. The summed E-state index contributed by atoms with van der Waals surface area (Å²) < 4.78 is 0. The number of carbonyl (C=O) groups is 1. The Kier molecular flexibility index (Phi) is 4.66. The second-order valence-corrected chi connectivity index (χ2v) is 5.76. The van der Waals surface area contributed by atoms with Crippen LogP contribution in [0.2, 0.25) is 0 Å². The standard InChI is InChI=1S/C15H24N2O/c1-3-5-12(4-2)17-15(18)10-11-8-13-6-7-14(9-11)16-13/h1,11-14,16H,4-10H2,2H3,(H,17,18). The van der Waals surface area contributed by atoms with Crippen LogP contribution in [0.3, 0.4) is 0 Å². The molecule has 0 radical (unpaired) electrons. The van der Waals surface area contributed by atoms with E-state index in [2.05, 4.69) is 23.5 Å². The average molecular weight is 248 g/mol. The first kappa shape index (κ1) is 13.4. The van der Waals surface area contributed by atoms with Crippen LogP contribution in [0.1, 0.15) is 51.9 Å². The molecule has 1 amide bonds. The number of nitrogens with one attached hydrogen (secondary N) is 2. The molecule has 2 heterocycles. The molecule has 3 atom stereocenters. The predicted octanol–water partition coefficient (Wildman–Crippen LogP) is 1.83. The van der Waals surface area contributed by atoms with E-state index >= 15 is 0 Å². The minimum atomic E-state index is 0.154. The van der Waals surface area contributed by atoms with E-state index in [1.165, 1.54) is 12.8 Å². The zero-order valence-electron chi connectivity index (χ0n) is 11.2. The lowest BCUT2D eigenvalue weighted by Gasteiger charge is -2.29. The lowest BCUT2D eigenvalue weighted by Crippen LogP contribution is -2.41. The molecule has 0 saturated carbocycles. The smallest absolute Gasteiger partial charge is 0.220 e. The van der Waals surface area contributed by atoms with Gasteiger partial charge in [-0.05, 0) is 38.0 Å². The van der Waals surface area contributed by atoms with Crippen molar-refractivity contribution in [2.45, 2.75) is 70.0 Å². The summed E-state index contributed by atoms with van der Waals surface area (Å²) in [5.41, 5.74) is 0. The summed E-state index contributed by atoms with van der Waals surface area (Å²) in [6, 6.07) is 1.48. The van der Waals surface area contributed by atoms with Crippen LogP contribution in [-0.4, -0.2) is 24.0 Å². The number of hydrogen-bond donors (Lipinski definition) is 2. The molecule has 2 bridgehead atoms. The molecule has 100 valence electrons. The Labute approximate surface area is 110 Å². The Balaban J connectivity index is 1.75. The van der Waals surface area contributed by atoms with Gasteiger partial charge in [0, 0.05) is 31.0 Å². The highest BCUT2D eigenvalue weighted by molar-refractivity contribution is 5.76. The molecule has 2 rings (SSSR count). The van der Waals surface area contributed by atoms with Gasteiger partial charge < -0.3 is 10.6 Å². The normalized spacial score (nSPS) is 31.7. The molecule has 0 aliphatic carbocycles. The van der Waals surface area contributed by atoms with Gasteiger partial charge in [0.1, 0.15) is 0 Å². The monoisotopic (exact) mass is 248 g/mol. The fraction of sp³-hybridized carbons (Fsp3) is 0.800. The van der Waals surface area contributed by atoms with Crippen molar-refractivity contribution < 1.29 is 4.79 Å². The zero-order valence-corrected chi connectivity index (χ0v) is 11.2. The molecule has 0 aromatic rings. The Morgan fingerprint density at radius 1 is 1.44 bits per heavy atom. The first-order chi connectivity index (χ1) is 8.71. The zero-order chi connectivity index (χ0) is 13.0. The van der Waals surface area contributed by atoms with E-state index in [4.69, 9.17) is 6.42 Å². The van der Waals surface area contributed by atoms with Crippen molar-refractivity contribution in [2.75, 3.05) is 0 Å². The molecular formula is C15H24N2O. The van der Waals surface area contributed by atoms with Crippen LogP contribution >= 0.6 is 0 Å². The Morgan fingerprint density at radius 2 is 2.11 bits per heavy atom. The first-order valence-corrected chi connectivity index (χ1v) is 7.20. The number of hydrogen-bond acceptors (Lipinski definition) is 2. The molecule has 3 nitrogen and oxygen atoms in total. The number of piperidine rings is 1. The third kappa shape index (κ3) is 3.49. The van der Waals surface area contributed by atoms with E-state index in [9.17, 15) is 4.79 Å². The van der Waals surface area contributed by atoms with Crippen LogP contribution in [-0.2, 0) is 4.79 Å². The number of fused-ring (bicyclic) bond motifs is 2. The molecule has 2 fully saturated rings. The van der Waals surface area contributed by atoms with Crippen molar-refractivity contribution in [3.05, 3.63) is 0 Å². The van der Waals surface area contributed by atoms with E-state index in [0.29, 0.717) is 30.8 Å². The minimum absolute atomic E-state index is 0.154. The van der Waals surface area contributed by atoms with Crippen LogP contribution in [0.5, 0.6) is 0 Å². The summed E-state index contributed by atoms with van der Waals surface area (Å²) in [6.45, 7) is 2.06. The van der Waals surface area contributed by atoms with E-state index in [0.717, 1.165) is 19.3 Å². The van der Waals surface area contributed by atoms with Crippen LogP contribution in [0.15, 0.2) is 0 Å². The maximum absolute atomic E-state index is 12.0. The third-order valence-corrected chi connectivity index (χ3v) is 4.27. The molecule has 2 aliphatic rings. The quantitative estimate of drug-likeness (QED) is 0.729. The van der Waals surface area contributed by atoms with Gasteiger partial charge in [0.25, 0.3) is 0 Å². The van der Waals surface area contributed by atoms with Crippen molar-refractivity contribution in [3.63, 3.8) is 0 Å². The van der Waals surface area contributed by atoms with Crippen molar-refractivity contribution in [2.24, 2.45) is 5.92 Å². The third-order valence-electron chi connectivity index (χ3n) is 4.27. The van der Waals surface area contributed by atoms with Gasteiger partial charge in [-0.15, -0.1) is 12.3 Å². The molecule has 3 heteroatoms. The number of amides is 1. The summed E-state index contributed by atoms with van der Waals surface area (Å²) in [4.78, 5) is 12.0. The lowest BCUT2D eigenvalue weighted by molar-refractivity contribution is -0.123. The van der Waals surface area contributed by atoms with E-state index < -0.39 is 0 Å². The van der Waals surface area contributed by atoms with E-state index in [-0.39, 0.29) is 11.9 Å². The van der Waals surface area contributed by atoms with Crippen molar-refractivity contribution >= 4 is 5.91 Å². The van der Waals surface area contributed by atoms with Gasteiger partial charge in [0.15, 0.2) is 0 Å². The highest BCUT2D eigenvalue weighted by atomic mass is 16.1. The number of rotatable bonds is 5. The van der Waals surface area contributed by atoms with Crippen LogP contribution in [0, 0.1) is 18.3 Å². The summed E-state index contributed by atoms with van der Waals surface area (Å²) >= 11 is 0. The maximum Gasteiger partial charge on any atom is 0.220 e. The van der Waals surface area contributed by atoms with Crippen molar-refractivity contribution in [3.8, 4) is 12.3 Å². The van der Waals surface area contributed by atoms with Crippen LogP contribution < -0.4 is 10.6 Å². The molecule has 0 aromatic carbocycles.